The molecule has 1 aliphatic carbocycles. The van der Waals surface area contributed by atoms with Crippen LogP contribution in [0.15, 0.2) is 16.6 Å². The van der Waals surface area contributed by atoms with E-state index in [0.29, 0.717) is 4.99 Å². The Balaban J connectivity index is 2.25. The molecule has 3 nitrogen and oxygen atoms in total. The number of carbonyl (C=O) groups excluding carboxylic acids is 1. The minimum atomic E-state index is -0.662. The zero-order valence-electron chi connectivity index (χ0n) is 11.8. The summed E-state index contributed by atoms with van der Waals surface area (Å²) in [7, 11) is 0. The number of amides is 1. The summed E-state index contributed by atoms with van der Waals surface area (Å²) in [6.07, 6.45) is 3.51. The van der Waals surface area contributed by atoms with Gasteiger partial charge < -0.3 is 11.1 Å². The fourth-order valence-corrected chi connectivity index (χ4v) is 3.36. The van der Waals surface area contributed by atoms with E-state index < -0.39 is 5.41 Å². The van der Waals surface area contributed by atoms with Crippen molar-refractivity contribution in [1.29, 1.82) is 0 Å². The van der Waals surface area contributed by atoms with E-state index in [1.807, 2.05) is 26.0 Å². The van der Waals surface area contributed by atoms with Crippen LogP contribution in [0, 0.1) is 19.3 Å². The molecule has 0 saturated heterocycles. The average Bonchev–Trinajstić information content (AvgIpc) is 2.86. The van der Waals surface area contributed by atoms with Gasteiger partial charge in [-0.2, -0.15) is 0 Å². The standard InChI is InChI=1S/C15H19BrN2OS/c1-9-7-11(8-10(2)12(9)16)18-14(19)15(13(17)20)5-3-4-6-15/h7-8H,3-6H2,1-2H3,(H2,17,20)(H,18,19). The van der Waals surface area contributed by atoms with E-state index in [2.05, 4.69) is 21.2 Å². The highest BCUT2D eigenvalue weighted by Gasteiger charge is 2.43. The molecule has 1 fully saturated rings. The Labute approximate surface area is 133 Å². The van der Waals surface area contributed by atoms with Crippen LogP contribution >= 0.6 is 28.1 Å². The van der Waals surface area contributed by atoms with Crippen molar-refractivity contribution >= 4 is 44.7 Å². The molecule has 0 bridgehead atoms. The van der Waals surface area contributed by atoms with Gasteiger partial charge in [0.05, 0.1) is 10.4 Å². The normalized spacial score (nSPS) is 16.9. The van der Waals surface area contributed by atoms with Crippen LogP contribution in [-0.4, -0.2) is 10.9 Å². The largest absolute Gasteiger partial charge is 0.392 e. The molecule has 0 spiro atoms. The van der Waals surface area contributed by atoms with Crippen LogP contribution in [0.5, 0.6) is 0 Å². The second-order valence-corrected chi connectivity index (χ2v) is 6.76. The Morgan fingerprint density at radius 2 is 1.80 bits per heavy atom. The molecule has 1 aliphatic rings. The Bertz CT molecular complexity index is 542. The van der Waals surface area contributed by atoms with E-state index in [-0.39, 0.29) is 5.91 Å². The molecule has 0 unspecified atom stereocenters. The van der Waals surface area contributed by atoms with E-state index in [4.69, 9.17) is 18.0 Å². The van der Waals surface area contributed by atoms with Gasteiger partial charge in [-0.3, -0.25) is 4.79 Å². The van der Waals surface area contributed by atoms with Crippen molar-refractivity contribution in [2.75, 3.05) is 5.32 Å². The Morgan fingerprint density at radius 3 is 2.25 bits per heavy atom. The topological polar surface area (TPSA) is 55.1 Å². The molecule has 5 heteroatoms. The summed E-state index contributed by atoms with van der Waals surface area (Å²) in [6.45, 7) is 4.01. The first-order valence-corrected chi connectivity index (χ1v) is 7.95. The molecular weight excluding hydrogens is 336 g/mol. The van der Waals surface area contributed by atoms with Crippen LogP contribution in [0.2, 0.25) is 0 Å². The maximum atomic E-state index is 12.6. The first-order chi connectivity index (χ1) is 9.36. The molecular formula is C15H19BrN2OS. The molecule has 108 valence electrons. The lowest BCUT2D eigenvalue weighted by Crippen LogP contribution is -2.43. The number of hydrogen-bond donors (Lipinski definition) is 2. The summed E-state index contributed by atoms with van der Waals surface area (Å²) in [5.74, 6) is -0.0661. The van der Waals surface area contributed by atoms with Crippen LogP contribution in [0.3, 0.4) is 0 Å². The number of carbonyl (C=O) groups is 1. The van der Waals surface area contributed by atoms with Gasteiger partial charge in [0.2, 0.25) is 5.91 Å². The maximum Gasteiger partial charge on any atom is 0.237 e. The Morgan fingerprint density at radius 1 is 1.30 bits per heavy atom. The van der Waals surface area contributed by atoms with Crippen LogP contribution in [-0.2, 0) is 4.79 Å². The molecule has 0 heterocycles. The second kappa shape index (κ2) is 5.82. The molecule has 0 aliphatic heterocycles. The van der Waals surface area contributed by atoms with Crippen LogP contribution in [0.25, 0.3) is 0 Å². The molecule has 1 aromatic carbocycles. The fourth-order valence-electron chi connectivity index (χ4n) is 2.83. The maximum absolute atomic E-state index is 12.6. The lowest BCUT2D eigenvalue weighted by molar-refractivity contribution is -0.122. The van der Waals surface area contributed by atoms with Gasteiger partial charge >= 0.3 is 0 Å². The summed E-state index contributed by atoms with van der Waals surface area (Å²) in [5.41, 5.74) is 8.16. The number of benzene rings is 1. The third kappa shape index (κ3) is 2.74. The van der Waals surface area contributed by atoms with Crippen molar-refractivity contribution in [3.63, 3.8) is 0 Å². The predicted molar refractivity (Wildman–Crippen MR) is 89.9 cm³/mol. The average molecular weight is 355 g/mol. The zero-order chi connectivity index (χ0) is 14.9. The summed E-state index contributed by atoms with van der Waals surface area (Å²) < 4.78 is 1.07. The summed E-state index contributed by atoms with van der Waals surface area (Å²) >= 11 is 8.67. The first-order valence-electron chi connectivity index (χ1n) is 6.75. The number of thiocarbonyl (C=S) groups is 1. The molecule has 1 amide bonds. The number of nitrogens with one attached hydrogen (secondary N) is 1. The molecule has 2 rings (SSSR count). The van der Waals surface area contributed by atoms with Crippen LogP contribution in [0.4, 0.5) is 5.69 Å². The highest BCUT2D eigenvalue weighted by atomic mass is 79.9. The highest BCUT2D eigenvalue weighted by molar-refractivity contribution is 9.10. The van der Waals surface area contributed by atoms with Crippen molar-refractivity contribution in [2.24, 2.45) is 11.1 Å². The van der Waals surface area contributed by atoms with E-state index >= 15 is 0 Å². The fraction of sp³-hybridized carbons (Fsp3) is 0.467. The number of hydrogen-bond acceptors (Lipinski definition) is 2. The Hall–Kier alpha value is -0.940. The third-order valence-electron chi connectivity index (χ3n) is 4.06. The van der Waals surface area contributed by atoms with Crippen LogP contribution in [0.1, 0.15) is 36.8 Å². The van der Waals surface area contributed by atoms with Gasteiger partial charge in [0.1, 0.15) is 0 Å². The lowest BCUT2D eigenvalue weighted by atomic mass is 9.85. The van der Waals surface area contributed by atoms with Crippen molar-refractivity contribution in [3.8, 4) is 0 Å². The molecule has 3 N–H and O–H groups in total. The quantitative estimate of drug-likeness (QED) is 0.810. The highest BCUT2D eigenvalue weighted by Crippen LogP contribution is 2.39. The van der Waals surface area contributed by atoms with Crippen molar-refractivity contribution < 1.29 is 4.79 Å². The SMILES string of the molecule is Cc1cc(NC(=O)C2(C(N)=S)CCCC2)cc(C)c1Br. The Kier molecular flexibility index (Phi) is 4.49. The lowest BCUT2D eigenvalue weighted by Gasteiger charge is -2.26. The molecule has 20 heavy (non-hydrogen) atoms. The van der Waals surface area contributed by atoms with Gasteiger partial charge in [0, 0.05) is 10.2 Å². The van der Waals surface area contributed by atoms with Crippen molar-refractivity contribution in [3.05, 3.63) is 27.7 Å². The second-order valence-electron chi connectivity index (χ2n) is 5.53. The van der Waals surface area contributed by atoms with Crippen molar-refractivity contribution in [1.82, 2.24) is 0 Å². The van der Waals surface area contributed by atoms with E-state index in [1.165, 1.54) is 0 Å². The van der Waals surface area contributed by atoms with Gasteiger partial charge in [0.25, 0.3) is 0 Å². The van der Waals surface area contributed by atoms with Gasteiger partial charge in [-0.15, -0.1) is 0 Å². The molecule has 1 aromatic rings. The number of nitrogens with two attached hydrogens (primary N) is 1. The number of anilines is 1. The molecule has 0 radical (unpaired) electrons. The molecule has 0 atom stereocenters. The van der Waals surface area contributed by atoms with Gasteiger partial charge in [0.15, 0.2) is 0 Å². The van der Waals surface area contributed by atoms with Crippen LogP contribution < -0.4 is 11.1 Å². The summed E-state index contributed by atoms with van der Waals surface area (Å²) in [5, 5.41) is 2.99. The van der Waals surface area contributed by atoms with E-state index in [0.717, 1.165) is 47.0 Å². The smallest absolute Gasteiger partial charge is 0.237 e. The minimum absolute atomic E-state index is 0.0661. The number of rotatable bonds is 3. The van der Waals surface area contributed by atoms with Gasteiger partial charge in [-0.1, -0.05) is 41.0 Å². The predicted octanol–water partition coefficient (Wildman–Crippen LogP) is 3.85. The van der Waals surface area contributed by atoms with E-state index in [9.17, 15) is 4.79 Å². The zero-order valence-corrected chi connectivity index (χ0v) is 14.2. The summed E-state index contributed by atoms with van der Waals surface area (Å²) in [4.78, 5) is 12.9. The molecule has 1 saturated carbocycles. The van der Waals surface area contributed by atoms with E-state index in [1.54, 1.807) is 0 Å². The molecule has 0 aromatic heterocycles. The minimum Gasteiger partial charge on any atom is -0.392 e. The number of halogens is 1. The van der Waals surface area contributed by atoms with Gasteiger partial charge in [-0.25, -0.2) is 0 Å². The monoisotopic (exact) mass is 354 g/mol. The summed E-state index contributed by atoms with van der Waals surface area (Å²) in [6, 6.07) is 3.91. The van der Waals surface area contributed by atoms with Gasteiger partial charge in [-0.05, 0) is 49.9 Å². The van der Waals surface area contributed by atoms with Crippen molar-refractivity contribution in [2.45, 2.75) is 39.5 Å². The first kappa shape index (κ1) is 15.4. The number of aryl methyl sites for hydroxylation is 2. The third-order valence-corrected chi connectivity index (χ3v) is 5.70.